The molecule has 1 amide bonds. The van der Waals surface area contributed by atoms with Gasteiger partial charge in [-0.2, -0.15) is 0 Å². The van der Waals surface area contributed by atoms with E-state index in [9.17, 15) is 4.79 Å². The van der Waals surface area contributed by atoms with Gasteiger partial charge in [0, 0.05) is 19.5 Å². The van der Waals surface area contributed by atoms with Crippen molar-refractivity contribution in [2.75, 3.05) is 19.6 Å². The van der Waals surface area contributed by atoms with Gasteiger partial charge in [0.2, 0.25) is 5.91 Å². The minimum absolute atomic E-state index is 0. The van der Waals surface area contributed by atoms with Crippen molar-refractivity contribution >= 4 is 30.7 Å². The number of nitrogens with zero attached hydrogens (tertiary/aromatic N) is 1. The van der Waals surface area contributed by atoms with Crippen LogP contribution < -0.4 is 11.1 Å². The highest BCUT2D eigenvalue weighted by atomic mass is 35.5. The number of hydrogen-bond donors (Lipinski definition) is 2. The molecule has 0 aromatic heterocycles. The summed E-state index contributed by atoms with van der Waals surface area (Å²) >= 11 is 0. The molecule has 1 saturated heterocycles. The van der Waals surface area contributed by atoms with E-state index < -0.39 is 0 Å². The van der Waals surface area contributed by atoms with Gasteiger partial charge in [-0.05, 0) is 56.4 Å². The molecule has 0 aliphatic carbocycles. The van der Waals surface area contributed by atoms with Crippen molar-refractivity contribution in [1.29, 1.82) is 0 Å². The first-order valence-corrected chi connectivity index (χ1v) is 10.0. The van der Waals surface area contributed by atoms with Gasteiger partial charge in [-0.3, -0.25) is 9.69 Å². The molecule has 0 spiro atoms. The minimum atomic E-state index is 0. The summed E-state index contributed by atoms with van der Waals surface area (Å²) in [6.07, 6.45) is 10.2. The van der Waals surface area contributed by atoms with Crippen molar-refractivity contribution in [3.63, 3.8) is 0 Å². The number of likely N-dealkylation sites (tertiary alicyclic amines) is 1. The maximum Gasteiger partial charge on any atom is 0.220 e. The summed E-state index contributed by atoms with van der Waals surface area (Å²) in [5.74, 6) is 0.158. The Morgan fingerprint density at radius 1 is 0.963 bits per heavy atom. The number of rotatable bonds is 10. The number of nitrogens with two attached hydrogens (primary N) is 1. The summed E-state index contributed by atoms with van der Waals surface area (Å²) in [6, 6.07) is 8.66. The lowest BCUT2D eigenvalue weighted by Crippen LogP contribution is -2.24. The maximum absolute atomic E-state index is 11.9. The lowest BCUT2D eigenvalue weighted by atomic mass is 10.1. The molecule has 0 bridgehead atoms. The predicted molar refractivity (Wildman–Crippen MR) is 119 cm³/mol. The van der Waals surface area contributed by atoms with Gasteiger partial charge in [0.05, 0.1) is 0 Å². The lowest BCUT2D eigenvalue weighted by molar-refractivity contribution is -0.121. The Hall–Kier alpha value is -0.810. The molecule has 0 saturated carbocycles. The van der Waals surface area contributed by atoms with E-state index in [1.165, 1.54) is 49.9 Å². The van der Waals surface area contributed by atoms with E-state index in [4.69, 9.17) is 5.73 Å². The van der Waals surface area contributed by atoms with E-state index in [0.29, 0.717) is 13.0 Å². The number of carbonyl (C=O) groups is 1. The van der Waals surface area contributed by atoms with Crippen LogP contribution in [-0.2, 0) is 17.9 Å². The quantitative estimate of drug-likeness (QED) is 0.553. The molecule has 1 heterocycles. The van der Waals surface area contributed by atoms with E-state index in [1.54, 1.807) is 0 Å². The average Bonchev–Trinajstić information content (AvgIpc) is 2.89. The molecule has 0 unspecified atom stereocenters. The molecule has 0 radical (unpaired) electrons. The Kier molecular flexibility index (Phi) is 15.7. The minimum Gasteiger partial charge on any atom is -0.352 e. The number of benzene rings is 1. The topological polar surface area (TPSA) is 58.4 Å². The Morgan fingerprint density at radius 2 is 1.63 bits per heavy atom. The molecular weight excluding hydrogens is 381 g/mol. The predicted octanol–water partition coefficient (Wildman–Crippen LogP) is 4.43. The molecule has 1 aromatic rings. The fraction of sp³-hybridized carbons (Fsp3) is 0.667. The number of nitrogens with one attached hydrogen (secondary N) is 1. The number of hydrogen-bond acceptors (Lipinski definition) is 3. The van der Waals surface area contributed by atoms with Crippen LogP contribution in [0, 0.1) is 0 Å². The molecule has 3 N–H and O–H groups in total. The summed E-state index contributed by atoms with van der Waals surface area (Å²) in [5.41, 5.74) is 8.03. The third-order valence-corrected chi connectivity index (χ3v) is 4.94. The van der Waals surface area contributed by atoms with Crippen molar-refractivity contribution in [3.05, 3.63) is 35.4 Å². The fourth-order valence-corrected chi connectivity index (χ4v) is 3.46. The molecule has 0 atom stereocenters. The smallest absolute Gasteiger partial charge is 0.220 e. The van der Waals surface area contributed by atoms with Gasteiger partial charge in [0.1, 0.15) is 0 Å². The zero-order chi connectivity index (χ0) is 17.7. The van der Waals surface area contributed by atoms with Crippen molar-refractivity contribution < 1.29 is 4.79 Å². The molecule has 27 heavy (non-hydrogen) atoms. The van der Waals surface area contributed by atoms with Crippen molar-refractivity contribution in [2.45, 2.75) is 70.9 Å². The molecule has 6 heteroatoms. The molecule has 1 aliphatic heterocycles. The first-order valence-electron chi connectivity index (χ1n) is 10.0. The Labute approximate surface area is 177 Å². The van der Waals surface area contributed by atoms with Gasteiger partial charge in [-0.15, -0.1) is 24.8 Å². The molecular formula is C21H37Cl2N3O. The largest absolute Gasteiger partial charge is 0.352 e. The van der Waals surface area contributed by atoms with Gasteiger partial charge in [-0.25, -0.2) is 0 Å². The van der Waals surface area contributed by atoms with Crippen LogP contribution in [0.15, 0.2) is 24.3 Å². The van der Waals surface area contributed by atoms with Crippen LogP contribution in [0.1, 0.15) is 68.9 Å². The number of carbonyl (C=O) groups excluding carboxylic acids is 1. The highest BCUT2D eigenvalue weighted by Crippen LogP contribution is 2.14. The Balaban J connectivity index is 0.00000338. The maximum atomic E-state index is 11.9. The van der Waals surface area contributed by atoms with Crippen LogP contribution >= 0.6 is 24.8 Å². The second kappa shape index (κ2) is 16.2. The van der Waals surface area contributed by atoms with Gasteiger partial charge >= 0.3 is 0 Å². The lowest BCUT2D eigenvalue weighted by Gasteiger charge is -2.20. The van der Waals surface area contributed by atoms with Crippen LogP contribution in [0.4, 0.5) is 0 Å². The highest BCUT2D eigenvalue weighted by Gasteiger charge is 2.09. The normalized spacial score (nSPS) is 14.6. The van der Waals surface area contributed by atoms with E-state index >= 15 is 0 Å². The Bertz CT molecular complexity index is 506. The summed E-state index contributed by atoms with van der Waals surface area (Å²) in [4.78, 5) is 14.5. The van der Waals surface area contributed by atoms with Crippen LogP contribution in [0.3, 0.4) is 0 Å². The van der Waals surface area contributed by atoms with E-state index in [-0.39, 0.29) is 30.7 Å². The van der Waals surface area contributed by atoms with Gasteiger partial charge in [0.15, 0.2) is 0 Å². The van der Waals surface area contributed by atoms with Crippen LogP contribution in [-0.4, -0.2) is 30.4 Å². The second-order valence-electron chi connectivity index (χ2n) is 7.24. The zero-order valence-electron chi connectivity index (χ0n) is 16.5. The van der Waals surface area contributed by atoms with Crippen LogP contribution in [0.25, 0.3) is 0 Å². The van der Waals surface area contributed by atoms with Gasteiger partial charge < -0.3 is 11.1 Å². The van der Waals surface area contributed by atoms with Crippen molar-refractivity contribution in [1.82, 2.24) is 10.2 Å². The molecule has 1 aromatic carbocycles. The highest BCUT2D eigenvalue weighted by molar-refractivity contribution is 5.85. The molecule has 1 aliphatic rings. The number of unbranched alkanes of at least 4 members (excludes halogenated alkanes) is 3. The van der Waals surface area contributed by atoms with Crippen LogP contribution in [0.2, 0.25) is 0 Å². The summed E-state index contributed by atoms with van der Waals surface area (Å²) in [6.45, 7) is 4.84. The Morgan fingerprint density at radius 3 is 2.33 bits per heavy atom. The van der Waals surface area contributed by atoms with E-state index in [1.807, 2.05) is 0 Å². The molecule has 156 valence electrons. The molecule has 4 nitrogen and oxygen atoms in total. The molecule has 1 fully saturated rings. The SMILES string of the molecule is Cl.Cl.NCCCCCCC(=O)NCc1cccc(CN2CCCCCC2)c1. The summed E-state index contributed by atoms with van der Waals surface area (Å²) in [7, 11) is 0. The van der Waals surface area contributed by atoms with Gasteiger partial charge in [-0.1, -0.05) is 49.9 Å². The number of halogens is 2. The second-order valence-corrected chi connectivity index (χ2v) is 7.24. The summed E-state index contributed by atoms with van der Waals surface area (Å²) < 4.78 is 0. The molecule has 2 rings (SSSR count). The monoisotopic (exact) mass is 417 g/mol. The first-order chi connectivity index (χ1) is 12.3. The fourth-order valence-electron chi connectivity index (χ4n) is 3.46. The third-order valence-electron chi connectivity index (χ3n) is 4.94. The van der Waals surface area contributed by atoms with Crippen molar-refractivity contribution in [2.24, 2.45) is 5.73 Å². The zero-order valence-corrected chi connectivity index (χ0v) is 18.1. The summed E-state index contributed by atoms with van der Waals surface area (Å²) in [5, 5.41) is 3.05. The van der Waals surface area contributed by atoms with E-state index in [0.717, 1.165) is 38.8 Å². The third kappa shape index (κ3) is 11.6. The standard InChI is InChI=1S/C21H35N3O.2ClH/c22-13-6-2-1-5-12-21(25)23-17-19-10-9-11-20(16-19)18-24-14-7-3-4-8-15-24;;/h9-11,16H,1-8,12-15,17-18,22H2,(H,23,25);2*1H. The van der Waals surface area contributed by atoms with Crippen LogP contribution in [0.5, 0.6) is 0 Å². The number of amides is 1. The average molecular weight is 418 g/mol. The van der Waals surface area contributed by atoms with Crippen molar-refractivity contribution in [3.8, 4) is 0 Å². The van der Waals surface area contributed by atoms with Gasteiger partial charge in [0.25, 0.3) is 0 Å². The van der Waals surface area contributed by atoms with E-state index in [2.05, 4.69) is 34.5 Å². The first kappa shape index (κ1) is 26.2.